The van der Waals surface area contributed by atoms with E-state index in [1.807, 2.05) is 60.7 Å². The summed E-state index contributed by atoms with van der Waals surface area (Å²) in [5, 5.41) is 45.6. The van der Waals surface area contributed by atoms with E-state index in [9.17, 15) is 25.3 Å². The van der Waals surface area contributed by atoms with Gasteiger partial charge in [-0.05, 0) is 23.6 Å². The standard InChI is InChI=1S/C22H15N5O5/c28-22-19(12-16(26(29)30)13-20(22)27(31)32)24-25-21-17-9-5-4-6-14(17)10-11-18(21)23-15-7-2-1-3-8-15/h1-13,23,28H. The first-order valence-corrected chi connectivity index (χ1v) is 9.35. The SMILES string of the molecule is O=[N+]([O-])c1cc(N=Nc2c(Nc3ccccc3)ccc3ccccc23)c(O)c([N+](=O)[O-])c1. The Bertz CT molecular complexity index is 1370. The molecule has 0 saturated carbocycles. The number of phenols is 1. The minimum absolute atomic E-state index is 0.385. The molecule has 0 aliphatic carbocycles. The molecule has 0 saturated heterocycles. The van der Waals surface area contributed by atoms with Crippen molar-refractivity contribution in [1.82, 2.24) is 0 Å². The first-order chi connectivity index (χ1) is 15.4. The summed E-state index contributed by atoms with van der Waals surface area (Å²) in [6, 6.07) is 22.1. The lowest BCUT2D eigenvalue weighted by atomic mass is 10.1. The topological polar surface area (TPSA) is 143 Å². The Morgan fingerprint density at radius 1 is 0.812 bits per heavy atom. The molecule has 10 heteroatoms. The molecule has 0 amide bonds. The van der Waals surface area contributed by atoms with Gasteiger partial charge in [-0.1, -0.05) is 48.5 Å². The Labute approximate surface area is 180 Å². The number of anilines is 2. The fourth-order valence-electron chi connectivity index (χ4n) is 3.16. The fourth-order valence-corrected chi connectivity index (χ4v) is 3.16. The molecular formula is C22H15N5O5. The number of hydrogen-bond acceptors (Lipinski definition) is 8. The van der Waals surface area contributed by atoms with Crippen LogP contribution in [-0.2, 0) is 0 Å². The van der Waals surface area contributed by atoms with E-state index >= 15 is 0 Å². The lowest BCUT2D eigenvalue weighted by molar-refractivity contribution is -0.394. The molecule has 0 aliphatic rings. The second-order valence-corrected chi connectivity index (χ2v) is 6.72. The van der Waals surface area contributed by atoms with Crippen LogP contribution in [0.25, 0.3) is 10.8 Å². The average Bonchev–Trinajstić information content (AvgIpc) is 2.79. The van der Waals surface area contributed by atoms with Gasteiger partial charge in [0.2, 0.25) is 5.75 Å². The zero-order valence-corrected chi connectivity index (χ0v) is 16.4. The molecule has 0 aromatic heterocycles. The maximum absolute atomic E-state index is 11.2. The lowest BCUT2D eigenvalue weighted by Crippen LogP contribution is -1.93. The molecule has 4 aromatic rings. The highest BCUT2D eigenvalue weighted by atomic mass is 16.6. The largest absolute Gasteiger partial charge is 0.501 e. The minimum atomic E-state index is -0.915. The zero-order chi connectivity index (χ0) is 22.7. The molecule has 0 radical (unpaired) electrons. The maximum atomic E-state index is 11.2. The van der Waals surface area contributed by atoms with E-state index in [-0.39, 0.29) is 5.69 Å². The second-order valence-electron chi connectivity index (χ2n) is 6.72. The number of nitrogens with one attached hydrogen (secondary N) is 1. The van der Waals surface area contributed by atoms with Gasteiger partial charge < -0.3 is 10.4 Å². The van der Waals surface area contributed by atoms with Crippen molar-refractivity contribution in [3.63, 3.8) is 0 Å². The number of para-hydroxylation sites is 1. The summed E-state index contributed by atoms with van der Waals surface area (Å²) in [5.41, 5.74) is 0.00819. The van der Waals surface area contributed by atoms with E-state index in [0.717, 1.165) is 22.5 Å². The molecule has 0 unspecified atom stereocenters. The van der Waals surface area contributed by atoms with Gasteiger partial charge >= 0.3 is 5.69 Å². The fraction of sp³-hybridized carbons (Fsp3) is 0. The van der Waals surface area contributed by atoms with Gasteiger partial charge in [-0.3, -0.25) is 20.2 Å². The van der Waals surface area contributed by atoms with E-state index in [4.69, 9.17) is 0 Å². The van der Waals surface area contributed by atoms with Crippen molar-refractivity contribution < 1.29 is 15.0 Å². The Morgan fingerprint density at radius 2 is 1.53 bits per heavy atom. The summed E-state index contributed by atoms with van der Waals surface area (Å²) in [4.78, 5) is 20.6. The number of azo groups is 1. The molecule has 32 heavy (non-hydrogen) atoms. The number of fused-ring (bicyclic) bond motifs is 1. The van der Waals surface area contributed by atoms with E-state index < -0.39 is 27.0 Å². The summed E-state index contributed by atoms with van der Waals surface area (Å²) in [5.74, 6) is -0.804. The predicted molar refractivity (Wildman–Crippen MR) is 119 cm³/mol. The number of nitro groups is 2. The van der Waals surface area contributed by atoms with Crippen LogP contribution in [0.15, 0.2) is 89.1 Å². The summed E-state index contributed by atoms with van der Waals surface area (Å²) in [6.07, 6.45) is 0. The maximum Gasteiger partial charge on any atom is 0.319 e. The molecule has 4 rings (SSSR count). The highest BCUT2D eigenvalue weighted by Gasteiger charge is 2.24. The van der Waals surface area contributed by atoms with Crippen molar-refractivity contribution in [2.24, 2.45) is 10.2 Å². The number of nitrogens with zero attached hydrogens (tertiary/aromatic N) is 4. The lowest BCUT2D eigenvalue weighted by Gasteiger charge is -2.11. The van der Waals surface area contributed by atoms with Gasteiger partial charge in [0.15, 0.2) is 0 Å². The number of benzene rings is 4. The summed E-state index contributed by atoms with van der Waals surface area (Å²) < 4.78 is 0. The molecule has 0 fully saturated rings. The number of phenolic OH excluding ortho intramolecular Hbond substituents is 1. The van der Waals surface area contributed by atoms with Crippen LogP contribution < -0.4 is 5.32 Å². The Balaban J connectivity index is 1.86. The molecule has 10 nitrogen and oxygen atoms in total. The van der Waals surface area contributed by atoms with E-state index in [1.165, 1.54) is 0 Å². The zero-order valence-electron chi connectivity index (χ0n) is 16.4. The Morgan fingerprint density at radius 3 is 2.25 bits per heavy atom. The number of non-ortho nitro benzene ring substituents is 1. The Hall–Kier alpha value is -4.86. The van der Waals surface area contributed by atoms with Crippen LogP contribution in [0.3, 0.4) is 0 Å². The third-order valence-electron chi connectivity index (χ3n) is 4.67. The van der Waals surface area contributed by atoms with E-state index in [2.05, 4.69) is 15.5 Å². The third kappa shape index (κ3) is 4.05. The number of rotatable bonds is 6. The third-order valence-corrected chi connectivity index (χ3v) is 4.67. The average molecular weight is 429 g/mol. The molecule has 0 spiro atoms. The van der Waals surface area contributed by atoms with Gasteiger partial charge in [-0.2, -0.15) is 0 Å². The van der Waals surface area contributed by atoms with Crippen molar-refractivity contribution >= 4 is 44.9 Å². The van der Waals surface area contributed by atoms with Crippen LogP contribution in [0, 0.1) is 20.2 Å². The quantitative estimate of drug-likeness (QED) is 0.203. The van der Waals surface area contributed by atoms with E-state index in [0.29, 0.717) is 17.4 Å². The van der Waals surface area contributed by atoms with Crippen LogP contribution in [0.5, 0.6) is 5.75 Å². The van der Waals surface area contributed by atoms with Crippen LogP contribution in [0.1, 0.15) is 0 Å². The molecule has 0 aliphatic heterocycles. The summed E-state index contributed by atoms with van der Waals surface area (Å²) in [7, 11) is 0. The minimum Gasteiger partial charge on any atom is -0.501 e. The van der Waals surface area contributed by atoms with Gasteiger partial charge in [0.05, 0.1) is 21.6 Å². The van der Waals surface area contributed by atoms with Crippen LogP contribution >= 0.6 is 0 Å². The normalized spacial score (nSPS) is 11.0. The van der Waals surface area contributed by atoms with E-state index in [1.54, 1.807) is 6.07 Å². The highest BCUT2D eigenvalue weighted by Crippen LogP contribution is 2.42. The molecule has 0 bridgehead atoms. The molecule has 4 aromatic carbocycles. The van der Waals surface area contributed by atoms with Crippen molar-refractivity contribution in [3.8, 4) is 5.75 Å². The monoisotopic (exact) mass is 429 g/mol. The molecule has 2 N–H and O–H groups in total. The molecule has 0 atom stereocenters. The van der Waals surface area contributed by atoms with Gasteiger partial charge in [-0.15, -0.1) is 10.2 Å². The smallest absolute Gasteiger partial charge is 0.319 e. The number of nitro benzene ring substituents is 2. The predicted octanol–water partition coefficient (Wildman–Crippen LogP) is 6.52. The molecule has 0 heterocycles. The molecular weight excluding hydrogens is 414 g/mol. The van der Waals surface area contributed by atoms with Gasteiger partial charge in [0.1, 0.15) is 11.4 Å². The summed E-state index contributed by atoms with van der Waals surface area (Å²) >= 11 is 0. The van der Waals surface area contributed by atoms with Crippen molar-refractivity contribution in [2.75, 3.05) is 5.32 Å². The van der Waals surface area contributed by atoms with Gasteiger partial charge in [-0.25, -0.2) is 0 Å². The van der Waals surface area contributed by atoms with Crippen LogP contribution in [0.2, 0.25) is 0 Å². The van der Waals surface area contributed by atoms with Crippen LogP contribution in [0.4, 0.5) is 34.1 Å². The first-order valence-electron chi connectivity index (χ1n) is 9.35. The van der Waals surface area contributed by atoms with Gasteiger partial charge in [0.25, 0.3) is 5.69 Å². The van der Waals surface area contributed by atoms with Crippen LogP contribution in [-0.4, -0.2) is 15.0 Å². The van der Waals surface area contributed by atoms with Gasteiger partial charge in [0, 0.05) is 17.1 Å². The van der Waals surface area contributed by atoms with Crippen molar-refractivity contribution in [1.29, 1.82) is 0 Å². The molecule has 158 valence electrons. The first kappa shape index (κ1) is 20.4. The number of hydrogen-bond donors (Lipinski definition) is 2. The Kier molecular flexibility index (Phi) is 5.41. The van der Waals surface area contributed by atoms with Crippen molar-refractivity contribution in [2.45, 2.75) is 0 Å². The van der Waals surface area contributed by atoms with Crippen molar-refractivity contribution in [3.05, 3.63) is 99.1 Å². The summed E-state index contributed by atoms with van der Waals surface area (Å²) in [6.45, 7) is 0. The highest BCUT2D eigenvalue weighted by molar-refractivity contribution is 5.99. The number of aromatic hydroxyl groups is 1. The second kappa shape index (κ2) is 8.48.